The molecule has 2 atom stereocenters. The van der Waals surface area contributed by atoms with Gasteiger partial charge in [-0.2, -0.15) is 0 Å². The number of benzene rings is 3. The van der Waals surface area contributed by atoms with Gasteiger partial charge in [-0.25, -0.2) is 4.39 Å². The van der Waals surface area contributed by atoms with Crippen molar-refractivity contribution < 1.29 is 4.39 Å². The third kappa shape index (κ3) is 3.11. The predicted molar refractivity (Wildman–Crippen MR) is 106 cm³/mol. The highest BCUT2D eigenvalue weighted by atomic mass is 35.5. The molecule has 0 saturated carbocycles. The smallest absolute Gasteiger partial charge is 0.148 e. The van der Waals surface area contributed by atoms with E-state index in [1.807, 2.05) is 42.5 Å². The van der Waals surface area contributed by atoms with Gasteiger partial charge in [0.25, 0.3) is 0 Å². The summed E-state index contributed by atoms with van der Waals surface area (Å²) in [6.45, 7) is 2.12. The number of hydrogen-bond donors (Lipinski definition) is 0. The summed E-state index contributed by atoms with van der Waals surface area (Å²) < 4.78 is 13.3. The van der Waals surface area contributed by atoms with E-state index >= 15 is 0 Å². The van der Waals surface area contributed by atoms with E-state index < -0.39 is 0 Å². The standard InChI is InChI=1S/C22H18ClFN2/c1-15-21(16-7-11-19(24)12-8-16)25-22(17-5-3-2-4-6-17)26(15)20-13-9-18(23)10-14-20/h2-15,22H,1H3. The first-order chi connectivity index (χ1) is 12.6. The molecule has 3 aromatic rings. The van der Waals surface area contributed by atoms with Gasteiger partial charge in [0.05, 0.1) is 11.8 Å². The number of hydrogen-bond acceptors (Lipinski definition) is 2. The average molecular weight is 365 g/mol. The largest absolute Gasteiger partial charge is 0.337 e. The van der Waals surface area contributed by atoms with E-state index in [2.05, 4.69) is 24.0 Å². The van der Waals surface area contributed by atoms with E-state index in [0.717, 1.165) is 22.5 Å². The molecule has 2 nitrogen and oxygen atoms in total. The Labute approximate surface area is 157 Å². The quantitative estimate of drug-likeness (QED) is 0.567. The summed E-state index contributed by atoms with van der Waals surface area (Å²) in [4.78, 5) is 7.27. The van der Waals surface area contributed by atoms with Gasteiger partial charge in [0.2, 0.25) is 0 Å². The maximum atomic E-state index is 13.3. The number of anilines is 1. The molecule has 1 heterocycles. The first-order valence-corrected chi connectivity index (χ1v) is 8.94. The second-order valence-electron chi connectivity index (χ2n) is 6.37. The lowest BCUT2D eigenvalue weighted by molar-refractivity contribution is 0.627. The Bertz CT molecular complexity index is 921. The van der Waals surface area contributed by atoms with E-state index in [1.54, 1.807) is 12.1 Å². The third-order valence-electron chi connectivity index (χ3n) is 4.70. The van der Waals surface area contributed by atoms with Crippen LogP contribution in [0, 0.1) is 5.82 Å². The van der Waals surface area contributed by atoms with Crippen molar-refractivity contribution in [2.75, 3.05) is 4.90 Å². The maximum absolute atomic E-state index is 13.3. The molecule has 4 rings (SSSR count). The topological polar surface area (TPSA) is 15.6 Å². The van der Waals surface area contributed by atoms with Crippen LogP contribution < -0.4 is 4.90 Å². The fourth-order valence-electron chi connectivity index (χ4n) is 3.42. The van der Waals surface area contributed by atoms with Crippen LogP contribution in [0.1, 0.15) is 24.2 Å². The van der Waals surface area contributed by atoms with Crippen LogP contribution in [-0.2, 0) is 0 Å². The first kappa shape index (κ1) is 16.8. The van der Waals surface area contributed by atoms with E-state index in [-0.39, 0.29) is 18.0 Å². The van der Waals surface area contributed by atoms with Crippen LogP contribution in [0.15, 0.2) is 83.9 Å². The van der Waals surface area contributed by atoms with Gasteiger partial charge in [0.15, 0.2) is 0 Å². The lowest BCUT2D eigenvalue weighted by Gasteiger charge is -2.30. The zero-order chi connectivity index (χ0) is 18.1. The van der Waals surface area contributed by atoms with Gasteiger partial charge in [-0.15, -0.1) is 0 Å². The molecule has 1 aliphatic rings. The van der Waals surface area contributed by atoms with Crippen LogP contribution in [-0.4, -0.2) is 11.8 Å². The van der Waals surface area contributed by atoms with Gasteiger partial charge in [0, 0.05) is 10.7 Å². The van der Waals surface area contributed by atoms with Crippen LogP contribution in [0.2, 0.25) is 5.02 Å². The molecule has 0 fully saturated rings. The molecule has 0 aliphatic carbocycles. The van der Waals surface area contributed by atoms with Crippen LogP contribution in [0.3, 0.4) is 0 Å². The molecule has 0 amide bonds. The van der Waals surface area contributed by atoms with E-state index in [0.29, 0.717) is 5.02 Å². The predicted octanol–water partition coefficient (Wildman–Crippen LogP) is 5.88. The number of nitrogens with zero attached hydrogens (tertiary/aromatic N) is 2. The van der Waals surface area contributed by atoms with Crippen molar-refractivity contribution >= 4 is 23.0 Å². The van der Waals surface area contributed by atoms with Gasteiger partial charge in [-0.3, -0.25) is 4.99 Å². The second-order valence-corrected chi connectivity index (χ2v) is 6.80. The number of aliphatic imine (C=N–C) groups is 1. The summed E-state index contributed by atoms with van der Waals surface area (Å²) in [6.07, 6.45) is -0.132. The van der Waals surface area contributed by atoms with Crippen molar-refractivity contribution in [2.24, 2.45) is 4.99 Å². The third-order valence-corrected chi connectivity index (χ3v) is 4.95. The fraction of sp³-hybridized carbons (Fsp3) is 0.136. The normalized spacial score (nSPS) is 19.5. The van der Waals surface area contributed by atoms with Crippen LogP contribution in [0.25, 0.3) is 0 Å². The van der Waals surface area contributed by atoms with Gasteiger partial charge in [-0.05, 0) is 54.4 Å². The van der Waals surface area contributed by atoms with E-state index in [9.17, 15) is 4.39 Å². The Morgan fingerprint density at radius 3 is 2.19 bits per heavy atom. The minimum absolute atomic E-state index is 0.0480. The summed E-state index contributed by atoms with van der Waals surface area (Å²) in [6, 6.07) is 24.6. The van der Waals surface area contributed by atoms with Crippen molar-refractivity contribution in [3.8, 4) is 0 Å². The average Bonchev–Trinajstić information content (AvgIpc) is 3.01. The number of halogens is 2. The van der Waals surface area contributed by atoms with E-state index in [1.165, 1.54) is 12.1 Å². The summed E-state index contributed by atoms with van der Waals surface area (Å²) in [7, 11) is 0. The zero-order valence-corrected chi connectivity index (χ0v) is 15.1. The molecule has 0 saturated heterocycles. The van der Waals surface area contributed by atoms with Crippen LogP contribution >= 0.6 is 11.6 Å². The Hall–Kier alpha value is -2.65. The van der Waals surface area contributed by atoms with Crippen molar-refractivity contribution in [1.29, 1.82) is 0 Å². The monoisotopic (exact) mass is 364 g/mol. The molecule has 4 heteroatoms. The SMILES string of the molecule is CC1C(c2ccc(F)cc2)=NC(c2ccccc2)N1c1ccc(Cl)cc1. The zero-order valence-electron chi connectivity index (χ0n) is 14.3. The molecular weight excluding hydrogens is 347 g/mol. The van der Waals surface area contributed by atoms with E-state index in [4.69, 9.17) is 16.6 Å². The summed E-state index contributed by atoms with van der Waals surface area (Å²) >= 11 is 6.06. The molecule has 0 radical (unpaired) electrons. The van der Waals surface area contributed by atoms with Crippen molar-refractivity contribution in [2.45, 2.75) is 19.1 Å². The molecule has 0 N–H and O–H groups in total. The Kier molecular flexibility index (Phi) is 4.48. The van der Waals surface area contributed by atoms with Crippen molar-refractivity contribution in [1.82, 2.24) is 0 Å². The molecule has 26 heavy (non-hydrogen) atoms. The van der Waals surface area contributed by atoms with Gasteiger partial charge < -0.3 is 4.90 Å². The second kappa shape index (κ2) is 6.93. The molecule has 1 aliphatic heterocycles. The Balaban J connectivity index is 1.79. The van der Waals surface area contributed by atoms with Crippen LogP contribution in [0.4, 0.5) is 10.1 Å². The molecule has 0 spiro atoms. The molecule has 3 aromatic carbocycles. The fourth-order valence-corrected chi connectivity index (χ4v) is 3.55. The molecule has 0 bridgehead atoms. The first-order valence-electron chi connectivity index (χ1n) is 8.56. The maximum Gasteiger partial charge on any atom is 0.148 e. The molecular formula is C22H18ClFN2. The van der Waals surface area contributed by atoms with Gasteiger partial charge >= 0.3 is 0 Å². The summed E-state index contributed by atoms with van der Waals surface area (Å²) in [5.41, 5.74) is 4.06. The van der Waals surface area contributed by atoms with Crippen LogP contribution in [0.5, 0.6) is 0 Å². The summed E-state index contributed by atoms with van der Waals surface area (Å²) in [5.74, 6) is -0.242. The highest BCUT2D eigenvalue weighted by molar-refractivity contribution is 6.30. The highest BCUT2D eigenvalue weighted by Gasteiger charge is 2.35. The highest BCUT2D eigenvalue weighted by Crippen LogP contribution is 2.37. The lowest BCUT2D eigenvalue weighted by Crippen LogP contribution is -2.35. The van der Waals surface area contributed by atoms with Gasteiger partial charge in [-0.1, -0.05) is 54.1 Å². The minimum atomic E-state index is -0.242. The Morgan fingerprint density at radius 2 is 1.54 bits per heavy atom. The van der Waals surface area contributed by atoms with Crippen molar-refractivity contribution in [3.05, 3.63) is 101 Å². The Morgan fingerprint density at radius 1 is 0.885 bits per heavy atom. The molecule has 0 aromatic heterocycles. The lowest BCUT2D eigenvalue weighted by atomic mass is 10.0. The minimum Gasteiger partial charge on any atom is -0.337 e. The molecule has 130 valence electrons. The number of rotatable bonds is 3. The van der Waals surface area contributed by atoms with Crippen molar-refractivity contribution in [3.63, 3.8) is 0 Å². The van der Waals surface area contributed by atoms with Gasteiger partial charge in [0.1, 0.15) is 12.0 Å². The summed E-state index contributed by atoms with van der Waals surface area (Å²) in [5, 5.41) is 0.705. The molecule has 2 unspecified atom stereocenters.